The molecule has 0 aliphatic heterocycles. The number of nitro groups is 1. The van der Waals surface area contributed by atoms with Crippen LogP contribution in [0.1, 0.15) is 19.4 Å². The molecule has 1 amide bonds. The molecule has 0 bridgehead atoms. The van der Waals surface area contributed by atoms with Crippen LogP contribution >= 0.6 is 0 Å². The van der Waals surface area contributed by atoms with E-state index in [9.17, 15) is 14.9 Å². The second kappa shape index (κ2) is 6.69. The van der Waals surface area contributed by atoms with Crippen LogP contribution in [0.15, 0.2) is 18.2 Å². The van der Waals surface area contributed by atoms with Crippen molar-refractivity contribution in [1.82, 2.24) is 5.32 Å². The van der Waals surface area contributed by atoms with Gasteiger partial charge in [-0.3, -0.25) is 14.9 Å². The van der Waals surface area contributed by atoms with E-state index in [-0.39, 0.29) is 24.0 Å². The number of benzene rings is 1. The van der Waals surface area contributed by atoms with Gasteiger partial charge in [0.2, 0.25) is 0 Å². The maximum absolute atomic E-state index is 11.5. The summed E-state index contributed by atoms with van der Waals surface area (Å²) in [7, 11) is 0. The van der Waals surface area contributed by atoms with E-state index in [1.807, 2.05) is 0 Å². The Morgan fingerprint density at radius 3 is 2.79 bits per heavy atom. The van der Waals surface area contributed by atoms with Crippen molar-refractivity contribution in [3.8, 4) is 5.75 Å². The summed E-state index contributed by atoms with van der Waals surface area (Å²) in [6, 6.07) is 4.10. The number of aliphatic hydroxyl groups excluding tert-OH is 1. The molecule has 0 fully saturated rings. The van der Waals surface area contributed by atoms with Crippen LogP contribution in [-0.4, -0.2) is 28.6 Å². The number of likely N-dealkylation sites (N-methyl/N-ethyl adjacent to an activating group) is 1. The summed E-state index contributed by atoms with van der Waals surface area (Å²) < 4.78 is 5.29. The van der Waals surface area contributed by atoms with Crippen LogP contribution in [0.2, 0.25) is 0 Å². The van der Waals surface area contributed by atoms with Gasteiger partial charge in [0.25, 0.3) is 5.91 Å². The molecule has 0 radical (unpaired) electrons. The number of carbonyl (C=O) groups excluding carboxylic acids is 1. The highest BCUT2D eigenvalue weighted by molar-refractivity contribution is 5.80. The van der Waals surface area contributed by atoms with Crippen molar-refractivity contribution in [2.45, 2.75) is 26.6 Å². The van der Waals surface area contributed by atoms with Crippen molar-refractivity contribution >= 4 is 11.6 Å². The van der Waals surface area contributed by atoms with Gasteiger partial charge in [-0.2, -0.15) is 0 Å². The van der Waals surface area contributed by atoms with Crippen molar-refractivity contribution in [3.05, 3.63) is 33.9 Å². The quantitative estimate of drug-likeness (QED) is 0.591. The molecular formula is C12H16N2O5. The Bertz CT molecular complexity index is 475. The third-order valence-corrected chi connectivity index (χ3v) is 2.43. The van der Waals surface area contributed by atoms with Crippen LogP contribution < -0.4 is 10.1 Å². The fourth-order valence-electron chi connectivity index (χ4n) is 1.47. The first kappa shape index (κ1) is 14.9. The molecule has 19 heavy (non-hydrogen) atoms. The average molecular weight is 268 g/mol. The zero-order valence-electron chi connectivity index (χ0n) is 10.8. The molecule has 2 N–H and O–H groups in total. The van der Waals surface area contributed by atoms with Crippen LogP contribution in [0.25, 0.3) is 0 Å². The van der Waals surface area contributed by atoms with E-state index in [0.717, 1.165) is 0 Å². The van der Waals surface area contributed by atoms with Crippen molar-refractivity contribution in [1.29, 1.82) is 0 Å². The lowest BCUT2D eigenvalue weighted by molar-refractivity contribution is -0.386. The highest BCUT2D eigenvalue weighted by Crippen LogP contribution is 2.28. The number of nitrogens with zero attached hydrogens (tertiary/aromatic N) is 1. The number of hydrogen-bond acceptors (Lipinski definition) is 5. The third kappa shape index (κ3) is 3.92. The average Bonchev–Trinajstić information content (AvgIpc) is 2.39. The Kier molecular flexibility index (Phi) is 5.25. The first-order valence-corrected chi connectivity index (χ1v) is 5.82. The lowest BCUT2D eigenvalue weighted by Gasteiger charge is -2.14. The summed E-state index contributed by atoms with van der Waals surface area (Å²) in [6.45, 7) is 3.43. The van der Waals surface area contributed by atoms with Crippen molar-refractivity contribution in [2.75, 3.05) is 6.54 Å². The van der Waals surface area contributed by atoms with Gasteiger partial charge < -0.3 is 15.2 Å². The largest absolute Gasteiger partial charge is 0.474 e. The van der Waals surface area contributed by atoms with Crippen LogP contribution in [0.3, 0.4) is 0 Å². The fourth-order valence-corrected chi connectivity index (χ4v) is 1.47. The van der Waals surface area contributed by atoms with E-state index in [1.54, 1.807) is 6.92 Å². The first-order valence-electron chi connectivity index (χ1n) is 5.82. The summed E-state index contributed by atoms with van der Waals surface area (Å²) in [6.07, 6.45) is -0.835. The van der Waals surface area contributed by atoms with Crippen LogP contribution in [0.4, 0.5) is 5.69 Å². The summed E-state index contributed by atoms with van der Waals surface area (Å²) in [5, 5.41) is 22.4. The number of hydrogen-bond donors (Lipinski definition) is 2. The van der Waals surface area contributed by atoms with E-state index in [1.165, 1.54) is 25.1 Å². The highest BCUT2D eigenvalue weighted by Gasteiger charge is 2.21. The van der Waals surface area contributed by atoms with Crippen LogP contribution in [0, 0.1) is 10.1 Å². The molecule has 0 saturated carbocycles. The predicted octanol–water partition coefficient (Wildman–Crippen LogP) is 0.990. The Hall–Kier alpha value is -2.15. The molecule has 7 nitrogen and oxygen atoms in total. The van der Waals surface area contributed by atoms with E-state index in [4.69, 9.17) is 9.84 Å². The highest BCUT2D eigenvalue weighted by atomic mass is 16.6. The Morgan fingerprint density at radius 1 is 1.58 bits per heavy atom. The van der Waals surface area contributed by atoms with Gasteiger partial charge in [0.15, 0.2) is 11.9 Å². The number of carbonyl (C=O) groups is 1. The van der Waals surface area contributed by atoms with E-state index in [0.29, 0.717) is 12.1 Å². The van der Waals surface area contributed by atoms with E-state index >= 15 is 0 Å². The summed E-state index contributed by atoms with van der Waals surface area (Å²) in [4.78, 5) is 21.8. The second-order valence-corrected chi connectivity index (χ2v) is 3.87. The molecule has 104 valence electrons. The van der Waals surface area contributed by atoms with E-state index < -0.39 is 11.0 Å². The summed E-state index contributed by atoms with van der Waals surface area (Å²) in [5.74, 6) is -0.344. The molecule has 1 atom stereocenters. The number of amides is 1. The molecule has 0 aromatic heterocycles. The number of aliphatic hydroxyl groups is 1. The normalized spacial score (nSPS) is 11.7. The van der Waals surface area contributed by atoms with Gasteiger partial charge in [0.1, 0.15) is 0 Å². The minimum absolute atomic E-state index is 0.000882. The van der Waals surface area contributed by atoms with Crippen LogP contribution in [-0.2, 0) is 11.4 Å². The number of nitrogens with one attached hydrogen (secondary N) is 1. The van der Waals surface area contributed by atoms with Gasteiger partial charge in [0.05, 0.1) is 11.5 Å². The minimum Gasteiger partial charge on any atom is -0.474 e. The standard InChI is InChI=1S/C12H16N2O5/c1-3-13-12(16)8(2)19-11-5-4-9(7-15)6-10(11)14(17)18/h4-6,8,15H,3,7H2,1-2H3,(H,13,16). The molecule has 0 heterocycles. The van der Waals surface area contributed by atoms with Crippen LogP contribution in [0.5, 0.6) is 5.75 Å². The second-order valence-electron chi connectivity index (χ2n) is 3.87. The molecule has 0 spiro atoms. The SMILES string of the molecule is CCNC(=O)C(C)Oc1ccc(CO)cc1[N+](=O)[O-]. The predicted molar refractivity (Wildman–Crippen MR) is 67.8 cm³/mol. The lowest BCUT2D eigenvalue weighted by atomic mass is 10.2. The number of nitro benzene ring substituents is 1. The smallest absolute Gasteiger partial charge is 0.311 e. The minimum atomic E-state index is -0.835. The molecule has 7 heteroatoms. The molecule has 0 aliphatic rings. The zero-order valence-corrected chi connectivity index (χ0v) is 10.8. The van der Waals surface area contributed by atoms with Crippen molar-refractivity contribution < 1.29 is 19.6 Å². The van der Waals surface area contributed by atoms with Gasteiger partial charge in [-0.1, -0.05) is 6.07 Å². The molecule has 1 rings (SSSR count). The Balaban J connectivity index is 2.94. The Labute approximate surface area is 110 Å². The van der Waals surface area contributed by atoms with Gasteiger partial charge in [-0.15, -0.1) is 0 Å². The maximum Gasteiger partial charge on any atom is 0.311 e. The first-order chi connectivity index (χ1) is 8.99. The van der Waals surface area contributed by atoms with Gasteiger partial charge in [-0.05, 0) is 25.5 Å². The monoisotopic (exact) mass is 268 g/mol. The summed E-state index contributed by atoms with van der Waals surface area (Å²) >= 11 is 0. The molecule has 1 unspecified atom stereocenters. The summed E-state index contributed by atoms with van der Waals surface area (Å²) in [5.41, 5.74) is 0.132. The molecule has 0 aliphatic carbocycles. The lowest BCUT2D eigenvalue weighted by Crippen LogP contribution is -2.36. The van der Waals surface area contributed by atoms with E-state index in [2.05, 4.69) is 5.32 Å². The topological polar surface area (TPSA) is 102 Å². The van der Waals surface area contributed by atoms with Crippen molar-refractivity contribution in [2.24, 2.45) is 0 Å². The molecular weight excluding hydrogens is 252 g/mol. The molecule has 1 aromatic carbocycles. The maximum atomic E-state index is 11.5. The van der Waals surface area contributed by atoms with Gasteiger partial charge in [-0.25, -0.2) is 0 Å². The Morgan fingerprint density at radius 2 is 2.26 bits per heavy atom. The van der Waals surface area contributed by atoms with Crippen molar-refractivity contribution in [3.63, 3.8) is 0 Å². The number of rotatable bonds is 6. The molecule has 1 aromatic rings. The molecule has 0 saturated heterocycles. The zero-order chi connectivity index (χ0) is 14.4. The van der Waals surface area contributed by atoms with Gasteiger partial charge >= 0.3 is 5.69 Å². The fraction of sp³-hybridized carbons (Fsp3) is 0.417. The number of ether oxygens (including phenoxy) is 1. The van der Waals surface area contributed by atoms with Gasteiger partial charge in [0, 0.05) is 12.6 Å². The third-order valence-electron chi connectivity index (χ3n) is 2.43.